The van der Waals surface area contributed by atoms with E-state index in [2.05, 4.69) is 6.92 Å². The first-order valence-electron chi connectivity index (χ1n) is 9.13. The van der Waals surface area contributed by atoms with E-state index in [9.17, 15) is 19.8 Å². The van der Waals surface area contributed by atoms with Gasteiger partial charge in [-0.3, -0.25) is 9.59 Å². The molecule has 4 heteroatoms. The van der Waals surface area contributed by atoms with Crippen molar-refractivity contribution in [3.8, 4) is 0 Å². The van der Waals surface area contributed by atoms with Gasteiger partial charge in [0.05, 0.1) is 11.7 Å². The van der Waals surface area contributed by atoms with E-state index < -0.39 is 11.7 Å². The molecule has 0 unspecified atom stereocenters. The van der Waals surface area contributed by atoms with Gasteiger partial charge >= 0.3 is 0 Å². The van der Waals surface area contributed by atoms with Gasteiger partial charge in [-0.25, -0.2) is 0 Å². The Morgan fingerprint density at radius 2 is 1.83 bits per heavy atom. The molecule has 0 aliphatic heterocycles. The molecule has 0 saturated heterocycles. The number of carbonyl (C=O) groups excluding carboxylic acids is 2. The SMILES string of the molecule is C[C@]12CCC(=O)C[C@@H]1C[C@@H](O)[C@@H]1[C@@H]2CC[C@]2(C)CC(=O)C[C@@]12O. The van der Waals surface area contributed by atoms with Gasteiger partial charge in [0.25, 0.3) is 0 Å². The number of Topliss-reactive ketones (excluding diaryl/α,β-unsaturated/α-hetero) is 2. The van der Waals surface area contributed by atoms with Gasteiger partial charge in [0.15, 0.2) is 0 Å². The van der Waals surface area contributed by atoms with E-state index in [4.69, 9.17) is 0 Å². The summed E-state index contributed by atoms with van der Waals surface area (Å²) in [5.41, 5.74) is -1.44. The van der Waals surface area contributed by atoms with Crippen LogP contribution < -0.4 is 0 Å². The van der Waals surface area contributed by atoms with Crippen molar-refractivity contribution < 1.29 is 19.8 Å². The van der Waals surface area contributed by atoms with E-state index in [1.54, 1.807) is 0 Å². The van der Waals surface area contributed by atoms with Crippen molar-refractivity contribution >= 4 is 11.6 Å². The molecule has 0 aromatic rings. The number of fused-ring (bicyclic) bond motifs is 5. The highest BCUT2D eigenvalue weighted by atomic mass is 16.3. The van der Waals surface area contributed by atoms with Gasteiger partial charge < -0.3 is 10.2 Å². The van der Waals surface area contributed by atoms with Crippen molar-refractivity contribution in [2.75, 3.05) is 0 Å². The average Bonchev–Trinajstić information content (AvgIpc) is 2.69. The first-order chi connectivity index (χ1) is 10.7. The maximum atomic E-state index is 12.1. The summed E-state index contributed by atoms with van der Waals surface area (Å²) in [6.07, 6.45) is 4.50. The Balaban J connectivity index is 1.75. The predicted molar refractivity (Wildman–Crippen MR) is 84.6 cm³/mol. The Morgan fingerprint density at radius 3 is 2.57 bits per heavy atom. The van der Waals surface area contributed by atoms with E-state index >= 15 is 0 Å². The molecule has 4 saturated carbocycles. The summed E-state index contributed by atoms with van der Waals surface area (Å²) in [6, 6.07) is 0. The molecule has 0 aromatic heterocycles. The number of aliphatic hydroxyl groups excluding tert-OH is 1. The molecule has 4 aliphatic rings. The molecule has 128 valence electrons. The number of aliphatic hydroxyl groups is 2. The molecular formula is C19H28O4. The van der Waals surface area contributed by atoms with Crippen molar-refractivity contribution in [2.24, 2.45) is 28.6 Å². The summed E-state index contributed by atoms with van der Waals surface area (Å²) in [6.45, 7) is 4.29. The highest BCUT2D eigenvalue weighted by Gasteiger charge is 2.68. The lowest BCUT2D eigenvalue weighted by Crippen LogP contribution is -2.65. The zero-order chi connectivity index (χ0) is 16.6. The molecule has 0 aromatic carbocycles. The second kappa shape index (κ2) is 4.66. The first-order valence-corrected chi connectivity index (χ1v) is 9.13. The smallest absolute Gasteiger partial charge is 0.136 e. The van der Waals surface area contributed by atoms with Crippen LogP contribution in [0.15, 0.2) is 0 Å². The van der Waals surface area contributed by atoms with E-state index in [0.29, 0.717) is 31.5 Å². The molecule has 4 fully saturated rings. The van der Waals surface area contributed by atoms with Crippen molar-refractivity contribution in [1.82, 2.24) is 0 Å². The minimum absolute atomic E-state index is 0.0144. The summed E-state index contributed by atoms with van der Waals surface area (Å²) >= 11 is 0. The largest absolute Gasteiger partial charge is 0.393 e. The van der Waals surface area contributed by atoms with Gasteiger partial charge in [-0.15, -0.1) is 0 Å². The quantitative estimate of drug-likeness (QED) is 0.718. The van der Waals surface area contributed by atoms with Crippen LogP contribution in [0.2, 0.25) is 0 Å². The molecular weight excluding hydrogens is 292 g/mol. The van der Waals surface area contributed by atoms with Crippen LogP contribution in [-0.2, 0) is 9.59 Å². The number of hydrogen-bond donors (Lipinski definition) is 2. The van der Waals surface area contributed by atoms with E-state index in [0.717, 1.165) is 19.3 Å². The molecule has 0 heterocycles. The third kappa shape index (κ3) is 1.91. The van der Waals surface area contributed by atoms with Crippen LogP contribution in [0.4, 0.5) is 0 Å². The molecule has 0 spiro atoms. The fourth-order valence-electron chi connectivity index (χ4n) is 6.80. The molecule has 2 N–H and O–H groups in total. The average molecular weight is 320 g/mol. The Kier molecular flexibility index (Phi) is 3.20. The second-order valence-corrected chi connectivity index (χ2v) is 9.30. The van der Waals surface area contributed by atoms with E-state index in [1.165, 1.54) is 0 Å². The maximum absolute atomic E-state index is 12.1. The van der Waals surface area contributed by atoms with Crippen LogP contribution in [0.25, 0.3) is 0 Å². The monoisotopic (exact) mass is 320 g/mol. The zero-order valence-electron chi connectivity index (χ0n) is 14.2. The molecule has 23 heavy (non-hydrogen) atoms. The van der Waals surface area contributed by atoms with Crippen LogP contribution in [-0.4, -0.2) is 33.5 Å². The van der Waals surface area contributed by atoms with Crippen LogP contribution in [0.5, 0.6) is 0 Å². The van der Waals surface area contributed by atoms with Crippen LogP contribution >= 0.6 is 0 Å². The van der Waals surface area contributed by atoms with Gasteiger partial charge in [0, 0.05) is 37.0 Å². The number of hydrogen-bond acceptors (Lipinski definition) is 4. The fraction of sp³-hybridized carbons (Fsp3) is 0.895. The molecule has 0 radical (unpaired) electrons. The highest BCUT2D eigenvalue weighted by Crippen LogP contribution is 2.66. The number of rotatable bonds is 0. The van der Waals surface area contributed by atoms with Crippen molar-refractivity contribution in [1.29, 1.82) is 0 Å². The Labute approximate surface area is 137 Å². The van der Waals surface area contributed by atoms with E-state index in [1.807, 2.05) is 6.92 Å². The summed E-state index contributed by atoms with van der Waals surface area (Å²) in [5, 5.41) is 22.4. The van der Waals surface area contributed by atoms with Crippen molar-refractivity contribution in [3.05, 3.63) is 0 Å². The highest BCUT2D eigenvalue weighted by molar-refractivity contribution is 5.84. The van der Waals surface area contributed by atoms with Crippen LogP contribution in [0.3, 0.4) is 0 Å². The second-order valence-electron chi connectivity index (χ2n) is 9.30. The molecule has 0 bridgehead atoms. The zero-order valence-corrected chi connectivity index (χ0v) is 14.2. The maximum Gasteiger partial charge on any atom is 0.136 e. The summed E-state index contributed by atoms with van der Waals surface area (Å²) in [7, 11) is 0. The Hall–Kier alpha value is -0.740. The number of carbonyl (C=O) groups is 2. The summed E-state index contributed by atoms with van der Waals surface area (Å²) in [5.74, 6) is 0.669. The fourth-order valence-corrected chi connectivity index (χ4v) is 6.80. The third-order valence-corrected chi connectivity index (χ3v) is 8.23. The first kappa shape index (κ1) is 15.8. The Bertz CT molecular complexity index is 572. The van der Waals surface area contributed by atoms with E-state index in [-0.39, 0.29) is 40.8 Å². The summed E-state index contributed by atoms with van der Waals surface area (Å²) < 4.78 is 0. The minimum atomic E-state index is -1.07. The standard InChI is InChI=1S/C19H28O4/c1-17-5-4-14-16(19(17,23)10-13(21)9-17)15(22)8-11-7-12(20)3-6-18(11,14)2/h11,14-16,22-23H,3-10H2,1-2H3/t11-,14+,15-,16+,17-,18+,19-/m1/s1. The molecule has 4 aliphatic carbocycles. The Morgan fingerprint density at radius 1 is 1.09 bits per heavy atom. The molecule has 7 atom stereocenters. The topological polar surface area (TPSA) is 74.6 Å². The lowest BCUT2D eigenvalue weighted by atomic mass is 9.43. The van der Waals surface area contributed by atoms with Gasteiger partial charge in [-0.2, -0.15) is 0 Å². The molecule has 4 rings (SSSR count). The van der Waals surface area contributed by atoms with Crippen molar-refractivity contribution in [3.63, 3.8) is 0 Å². The van der Waals surface area contributed by atoms with Gasteiger partial charge in [0.1, 0.15) is 11.6 Å². The lowest BCUT2D eigenvalue weighted by Gasteiger charge is -2.63. The minimum Gasteiger partial charge on any atom is -0.393 e. The van der Waals surface area contributed by atoms with Crippen LogP contribution in [0, 0.1) is 28.6 Å². The normalized spacial score (nSPS) is 56.0. The predicted octanol–water partition coefficient (Wildman–Crippen LogP) is 2.25. The molecule has 4 nitrogen and oxygen atoms in total. The summed E-state index contributed by atoms with van der Waals surface area (Å²) in [4.78, 5) is 24.0. The van der Waals surface area contributed by atoms with Crippen molar-refractivity contribution in [2.45, 2.75) is 76.9 Å². The van der Waals surface area contributed by atoms with Gasteiger partial charge in [-0.1, -0.05) is 13.8 Å². The lowest BCUT2D eigenvalue weighted by molar-refractivity contribution is -0.231. The third-order valence-electron chi connectivity index (χ3n) is 8.23. The van der Waals surface area contributed by atoms with Crippen LogP contribution in [0.1, 0.15) is 65.2 Å². The van der Waals surface area contributed by atoms with Gasteiger partial charge in [0.2, 0.25) is 0 Å². The molecule has 0 amide bonds. The number of ketones is 2. The van der Waals surface area contributed by atoms with Gasteiger partial charge in [-0.05, 0) is 42.9 Å².